The maximum Gasteiger partial charge on any atom is 0.325 e. The molecule has 1 atom stereocenters. The molecular weight excluding hydrogens is 364 g/mol. The summed E-state index contributed by atoms with van der Waals surface area (Å²) in [6, 6.07) is 8.87. The molecular formula is C20H26N2O4S. The van der Waals surface area contributed by atoms with Crippen LogP contribution in [0.1, 0.15) is 49.4 Å². The largest absolute Gasteiger partial charge is 0.480 e. The predicted octanol–water partition coefficient (Wildman–Crippen LogP) is 3.68. The number of nitrogens with zero attached hydrogens (tertiary/aromatic N) is 2. The van der Waals surface area contributed by atoms with E-state index in [1.54, 1.807) is 37.4 Å². The van der Waals surface area contributed by atoms with Gasteiger partial charge in [0, 0.05) is 23.4 Å². The summed E-state index contributed by atoms with van der Waals surface area (Å²) < 4.78 is 0. The zero-order valence-electron chi connectivity index (χ0n) is 15.5. The van der Waals surface area contributed by atoms with Crippen LogP contribution in [0.5, 0.6) is 0 Å². The van der Waals surface area contributed by atoms with Gasteiger partial charge in [-0.15, -0.1) is 0 Å². The van der Waals surface area contributed by atoms with Crippen molar-refractivity contribution in [2.45, 2.75) is 39.0 Å². The molecule has 1 fully saturated rings. The van der Waals surface area contributed by atoms with Crippen LogP contribution in [0.3, 0.4) is 0 Å². The van der Waals surface area contributed by atoms with Crippen LogP contribution in [0, 0.1) is 11.8 Å². The van der Waals surface area contributed by atoms with E-state index in [4.69, 9.17) is 5.11 Å². The summed E-state index contributed by atoms with van der Waals surface area (Å²) in [6.07, 6.45) is 7.25. The molecule has 1 amide bonds. The van der Waals surface area contributed by atoms with Crippen molar-refractivity contribution in [3.05, 3.63) is 35.9 Å². The van der Waals surface area contributed by atoms with Crippen molar-refractivity contribution in [1.29, 1.82) is 0 Å². The molecule has 0 saturated heterocycles. The normalized spacial score (nSPS) is 16.2. The second-order valence-corrected chi connectivity index (χ2v) is 7.81. The van der Waals surface area contributed by atoms with Crippen molar-refractivity contribution < 1.29 is 19.5 Å². The topological polar surface area (TPSA) is 87.0 Å². The molecule has 27 heavy (non-hydrogen) atoms. The van der Waals surface area contributed by atoms with Crippen LogP contribution in [0.15, 0.2) is 35.4 Å². The van der Waals surface area contributed by atoms with Crippen LogP contribution in [0.2, 0.25) is 0 Å². The Labute approximate surface area is 164 Å². The molecule has 1 aliphatic rings. The third kappa shape index (κ3) is 7.17. The SMILES string of the molecule is CC(CSC(=O)c1ccccc1)C(=O)N(CC(=O)O)N=CC1CCCCC1. The van der Waals surface area contributed by atoms with Gasteiger partial charge in [-0.2, -0.15) is 5.10 Å². The lowest BCUT2D eigenvalue weighted by atomic mass is 9.90. The van der Waals surface area contributed by atoms with E-state index in [0.29, 0.717) is 11.5 Å². The van der Waals surface area contributed by atoms with E-state index < -0.39 is 18.4 Å². The molecule has 1 N–H and O–H groups in total. The lowest BCUT2D eigenvalue weighted by Crippen LogP contribution is -2.36. The number of rotatable bonds is 8. The van der Waals surface area contributed by atoms with Crippen molar-refractivity contribution in [3.8, 4) is 0 Å². The van der Waals surface area contributed by atoms with Gasteiger partial charge in [-0.25, -0.2) is 5.01 Å². The number of carbonyl (C=O) groups excluding carboxylic acids is 2. The highest BCUT2D eigenvalue weighted by atomic mass is 32.2. The van der Waals surface area contributed by atoms with E-state index in [-0.39, 0.29) is 16.8 Å². The van der Waals surface area contributed by atoms with Crippen LogP contribution < -0.4 is 0 Å². The highest BCUT2D eigenvalue weighted by Crippen LogP contribution is 2.22. The zero-order chi connectivity index (χ0) is 19.6. The van der Waals surface area contributed by atoms with Crippen LogP contribution in [0.25, 0.3) is 0 Å². The molecule has 0 aliphatic heterocycles. The number of benzene rings is 1. The minimum atomic E-state index is -1.11. The second kappa shape index (κ2) is 10.9. The molecule has 0 heterocycles. The number of amides is 1. The maximum absolute atomic E-state index is 12.6. The third-order valence-electron chi connectivity index (χ3n) is 4.50. The first-order valence-electron chi connectivity index (χ1n) is 9.27. The van der Waals surface area contributed by atoms with Crippen LogP contribution >= 0.6 is 11.8 Å². The number of hydrogen-bond donors (Lipinski definition) is 1. The average Bonchev–Trinajstić information content (AvgIpc) is 2.69. The Balaban J connectivity index is 1.93. The first-order chi connectivity index (χ1) is 13.0. The molecule has 0 radical (unpaired) electrons. The van der Waals surface area contributed by atoms with E-state index >= 15 is 0 Å². The molecule has 0 aromatic heterocycles. The van der Waals surface area contributed by atoms with E-state index in [1.807, 2.05) is 6.07 Å². The number of carboxylic acid groups (broad SMARTS) is 1. The van der Waals surface area contributed by atoms with Gasteiger partial charge >= 0.3 is 5.97 Å². The predicted molar refractivity (Wildman–Crippen MR) is 107 cm³/mol. The monoisotopic (exact) mass is 390 g/mol. The van der Waals surface area contributed by atoms with Gasteiger partial charge in [0.15, 0.2) is 0 Å². The first kappa shape index (κ1) is 21.2. The highest BCUT2D eigenvalue weighted by Gasteiger charge is 2.24. The summed E-state index contributed by atoms with van der Waals surface area (Å²) >= 11 is 1.06. The number of carboxylic acids is 1. The standard InChI is InChI=1S/C20H26N2O4S/c1-15(14-27-20(26)17-10-6-3-7-11-17)19(25)22(13-18(23)24)21-12-16-8-4-2-5-9-16/h3,6-7,10-12,15-16H,2,4-5,8-9,13-14H2,1H3,(H,23,24). The van der Waals surface area contributed by atoms with Crippen LogP contribution in [-0.2, 0) is 9.59 Å². The summed E-state index contributed by atoms with van der Waals surface area (Å²) in [5, 5.41) is 14.2. The molecule has 0 bridgehead atoms. The van der Waals surface area contributed by atoms with Gasteiger partial charge in [-0.05, 0) is 18.8 Å². The number of hydrogen-bond acceptors (Lipinski definition) is 5. The van der Waals surface area contributed by atoms with Gasteiger partial charge in [0.1, 0.15) is 6.54 Å². The van der Waals surface area contributed by atoms with E-state index in [0.717, 1.165) is 42.5 Å². The second-order valence-electron chi connectivity index (χ2n) is 6.82. The molecule has 1 unspecified atom stereocenters. The van der Waals surface area contributed by atoms with Gasteiger partial charge in [0.05, 0.1) is 0 Å². The smallest absolute Gasteiger partial charge is 0.325 e. The Morgan fingerprint density at radius 3 is 2.52 bits per heavy atom. The van der Waals surface area contributed by atoms with Crippen LogP contribution in [-0.4, -0.2) is 45.6 Å². The van der Waals surface area contributed by atoms with Crippen molar-refractivity contribution in [1.82, 2.24) is 5.01 Å². The molecule has 146 valence electrons. The molecule has 1 aliphatic carbocycles. The van der Waals surface area contributed by atoms with E-state index in [9.17, 15) is 14.4 Å². The fourth-order valence-corrected chi connectivity index (χ4v) is 3.79. The fraction of sp³-hybridized carbons (Fsp3) is 0.500. The summed E-state index contributed by atoms with van der Waals surface area (Å²) in [6.45, 7) is 1.22. The van der Waals surface area contributed by atoms with Gasteiger partial charge in [-0.1, -0.05) is 68.3 Å². The Bertz CT molecular complexity index is 672. The van der Waals surface area contributed by atoms with Gasteiger partial charge < -0.3 is 5.11 Å². The van der Waals surface area contributed by atoms with E-state index in [1.165, 1.54) is 6.42 Å². The van der Waals surface area contributed by atoms with Crippen LogP contribution in [0.4, 0.5) is 0 Å². The Morgan fingerprint density at radius 2 is 1.89 bits per heavy atom. The van der Waals surface area contributed by atoms with Crippen molar-refractivity contribution in [3.63, 3.8) is 0 Å². The van der Waals surface area contributed by atoms with E-state index in [2.05, 4.69) is 5.10 Å². The van der Waals surface area contributed by atoms with Gasteiger partial charge in [0.25, 0.3) is 0 Å². The first-order valence-corrected chi connectivity index (χ1v) is 10.3. The molecule has 0 spiro atoms. The number of aliphatic carboxylic acids is 1. The summed E-state index contributed by atoms with van der Waals surface area (Å²) in [7, 11) is 0. The lowest BCUT2D eigenvalue weighted by Gasteiger charge is -2.21. The molecule has 2 rings (SSSR count). The number of thioether (sulfide) groups is 1. The maximum atomic E-state index is 12.6. The Kier molecular flexibility index (Phi) is 8.51. The molecule has 1 saturated carbocycles. The minimum Gasteiger partial charge on any atom is -0.480 e. The summed E-state index contributed by atoms with van der Waals surface area (Å²) in [5.41, 5.74) is 0.583. The minimum absolute atomic E-state index is 0.106. The van der Waals surface area contributed by atoms with Crippen molar-refractivity contribution in [2.75, 3.05) is 12.3 Å². The van der Waals surface area contributed by atoms with Gasteiger partial charge in [-0.3, -0.25) is 14.4 Å². The van der Waals surface area contributed by atoms with Gasteiger partial charge in [0.2, 0.25) is 11.0 Å². The average molecular weight is 391 g/mol. The Morgan fingerprint density at radius 1 is 1.22 bits per heavy atom. The molecule has 7 heteroatoms. The molecule has 1 aromatic carbocycles. The quantitative estimate of drug-likeness (QED) is 0.540. The molecule has 6 nitrogen and oxygen atoms in total. The number of carbonyl (C=O) groups is 3. The number of hydrazone groups is 1. The summed E-state index contributed by atoms with van der Waals surface area (Å²) in [5.74, 6) is -1.42. The fourth-order valence-electron chi connectivity index (χ4n) is 2.95. The zero-order valence-corrected chi connectivity index (χ0v) is 16.4. The summed E-state index contributed by atoms with van der Waals surface area (Å²) in [4.78, 5) is 35.9. The van der Waals surface area contributed by atoms with Crippen molar-refractivity contribution >= 4 is 35.0 Å². The van der Waals surface area contributed by atoms with Crippen molar-refractivity contribution in [2.24, 2.45) is 16.9 Å². The lowest BCUT2D eigenvalue weighted by molar-refractivity contribution is -0.145. The Hall–Kier alpha value is -2.15. The molecule has 1 aromatic rings. The highest BCUT2D eigenvalue weighted by molar-refractivity contribution is 8.14. The third-order valence-corrected chi connectivity index (χ3v) is 5.67.